The van der Waals surface area contributed by atoms with Crippen molar-refractivity contribution in [2.45, 2.75) is 39.2 Å². The predicted molar refractivity (Wildman–Crippen MR) is 70.9 cm³/mol. The van der Waals surface area contributed by atoms with Gasteiger partial charge in [-0.05, 0) is 43.9 Å². The molecular weight excluding hydrogens is 210 g/mol. The summed E-state index contributed by atoms with van der Waals surface area (Å²) in [6, 6.07) is 6.78. The molecule has 1 atom stereocenters. The van der Waals surface area contributed by atoms with Crippen LogP contribution in [-0.4, -0.2) is 9.55 Å². The molecule has 1 saturated carbocycles. The highest BCUT2D eigenvalue weighted by Crippen LogP contribution is 2.38. The average Bonchev–Trinajstić information content (AvgIpc) is 3.00. The number of aromatic nitrogens is 2. The highest BCUT2D eigenvalue weighted by Gasteiger charge is 2.25. The van der Waals surface area contributed by atoms with Gasteiger partial charge in [0.2, 0.25) is 5.95 Å². The SMILES string of the molecule is Cc1ccc2nc(N)n(C(C)CC3CC3)c2c1. The normalized spacial score (nSPS) is 17.5. The number of fused-ring (bicyclic) bond motifs is 1. The van der Waals surface area contributed by atoms with Gasteiger partial charge in [0, 0.05) is 6.04 Å². The van der Waals surface area contributed by atoms with Crippen LogP contribution in [0, 0.1) is 12.8 Å². The van der Waals surface area contributed by atoms with Crippen molar-refractivity contribution >= 4 is 17.0 Å². The maximum absolute atomic E-state index is 6.05. The summed E-state index contributed by atoms with van der Waals surface area (Å²) in [4.78, 5) is 4.44. The first kappa shape index (κ1) is 10.6. The van der Waals surface area contributed by atoms with E-state index in [4.69, 9.17) is 5.73 Å². The summed E-state index contributed by atoms with van der Waals surface area (Å²) in [5, 5.41) is 0. The predicted octanol–water partition coefficient (Wildman–Crippen LogP) is 3.29. The summed E-state index contributed by atoms with van der Waals surface area (Å²) in [6.07, 6.45) is 4.00. The van der Waals surface area contributed by atoms with Gasteiger partial charge in [0.15, 0.2) is 0 Å². The molecule has 17 heavy (non-hydrogen) atoms. The molecule has 1 aliphatic rings. The van der Waals surface area contributed by atoms with Crippen molar-refractivity contribution in [3.8, 4) is 0 Å². The zero-order valence-corrected chi connectivity index (χ0v) is 10.5. The van der Waals surface area contributed by atoms with Crippen LogP contribution in [0.5, 0.6) is 0 Å². The number of hydrogen-bond donors (Lipinski definition) is 1. The number of benzene rings is 1. The monoisotopic (exact) mass is 229 g/mol. The third-order valence-electron chi connectivity index (χ3n) is 3.68. The Labute approximate surface area is 102 Å². The van der Waals surface area contributed by atoms with Gasteiger partial charge in [-0.25, -0.2) is 4.98 Å². The van der Waals surface area contributed by atoms with E-state index in [0.29, 0.717) is 12.0 Å². The zero-order chi connectivity index (χ0) is 12.0. The van der Waals surface area contributed by atoms with Crippen molar-refractivity contribution in [3.63, 3.8) is 0 Å². The highest BCUT2D eigenvalue weighted by molar-refractivity contribution is 5.79. The summed E-state index contributed by atoms with van der Waals surface area (Å²) >= 11 is 0. The molecule has 1 heterocycles. The summed E-state index contributed by atoms with van der Waals surface area (Å²) in [5.74, 6) is 1.56. The molecule has 3 nitrogen and oxygen atoms in total. The smallest absolute Gasteiger partial charge is 0.201 e. The Bertz CT molecular complexity index is 552. The summed E-state index contributed by atoms with van der Waals surface area (Å²) in [7, 11) is 0. The van der Waals surface area contributed by atoms with Gasteiger partial charge < -0.3 is 10.3 Å². The van der Waals surface area contributed by atoms with E-state index in [1.165, 1.54) is 30.3 Å². The van der Waals surface area contributed by atoms with Gasteiger partial charge in [0.05, 0.1) is 11.0 Å². The minimum atomic E-state index is 0.453. The van der Waals surface area contributed by atoms with E-state index in [9.17, 15) is 0 Å². The van der Waals surface area contributed by atoms with Crippen molar-refractivity contribution in [2.75, 3.05) is 5.73 Å². The molecule has 3 heteroatoms. The van der Waals surface area contributed by atoms with Crippen LogP contribution < -0.4 is 5.73 Å². The number of hydrogen-bond acceptors (Lipinski definition) is 2. The van der Waals surface area contributed by atoms with Crippen molar-refractivity contribution in [2.24, 2.45) is 5.92 Å². The van der Waals surface area contributed by atoms with E-state index in [1.54, 1.807) is 0 Å². The first-order chi connectivity index (χ1) is 8.15. The lowest BCUT2D eigenvalue weighted by molar-refractivity contribution is 0.492. The van der Waals surface area contributed by atoms with Crippen LogP contribution in [-0.2, 0) is 0 Å². The van der Waals surface area contributed by atoms with Crippen LogP contribution >= 0.6 is 0 Å². The zero-order valence-electron chi connectivity index (χ0n) is 10.5. The van der Waals surface area contributed by atoms with Crippen LogP contribution in [0.3, 0.4) is 0 Å². The van der Waals surface area contributed by atoms with E-state index in [1.807, 2.05) is 0 Å². The lowest BCUT2D eigenvalue weighted by Crippen LogP contribution is -2.09. The maximum Gasteiger partial charge on any atom is 0.201 e. The molecule has 0 amide bonds. The molecule has 0 radical (unpaired) electrons. The van der Waals surface area contributed by atoms with E-state index >= 15 is 0 Å². The number of nitrogens with two attached hydrogens (primary N) is 1. The topological polar surface area (TPSA) is 43.8 Å². The van der Waals surface area contributed by atoms with Crippen LogP contribution in [0.15, 0.2) is 18.2 Å². The van der Waals surface area contributed by atoms with Crippen LogP contribution in [0.2, 0.25) is 0 Å². The molecule has 1 aliphatic carbocycles. The van der Waals surface area contributed by atoms with Crippen molar-refractivity contribution in [3.05, 3.63) is 23.8 Å². The van der Waals surface area contributed by atoms with Gasteiger partial charge in [0.1, 0.15) is 0 Å². The largest absolute Gasteiger partial charge is 0.369 e. The van der Waals surface area contributed by atoms with Crippen molar-refractivity contribution in [1.82, 2.24) is 9.55 Å². The van der Waals surface area contributed by atoms with Crippen LogP contribution in [0.25, 0.3) is 11.0 Å². The average molecular weight is 229 g/mol. The van der Waals surface area contributed by atoms with Crippen LogP contribution in [0.1, 0.15) is 37.8 Å². The molecule has 1 fully saturated rings. The minimum absolute atomic E-state index is 0.453. The van der Waals surface area contributed by atoms with Gasteiger partial charge in [-0.1, -0.05) is 18.9 Å². The molecule has 90 valence electrons. The van der Waals surface area contributed by atoms with Crippen molar-refractivity contribution < 1.29 is 0 Å². The van der Waals surface area contributed by atoms with Gasteiger partial charge in [-0.3, -0.25) is 0 Å². The number of imidazole rings is 1. The Morgan fingerprint density at radius 2 is 2.24 bits per heavy atom. The molecule has 1 aromatic carbocycles. The third kappa shape index (κ3) is 1.90. The number of nitrogens with zero attached hydrogens (tertiary/aromatic N) is 2. The molecule has 3 rings (SSSR count). The lowest BCUT2D eigenvalue weighted by atomic mass is 10.1. The third-order valence-corrected chi connectivity index (χ3v) is 3.68. The molecule has 1 unspecified atom stereocenters. The standard InChI is InChI=1S/C14H19N3/c1-9-3-6-12-13(7-9)17(14(15)16-12)10(2)8-11-4-5-11/h3,6-7,10-11H,4-5,8H2,1-2H3,(H2,15,16). The Kier molecular flexibility index (Phi) is 2.35. The molecule has 2 aromatic rings. The lowest BCUT2D eigenvalue weighted by Gasteiger charge is -2.15. The molecule has 0 spiro atoms. The van der Waals surface area contributed by atoms with Crippen molar-refractivity contribution in [1.29, 1.82) is 0 Å². The quantitative estimate of drug-likeness (QED) is 0.877. The molecule has 0 aliphatic heterocycles. The Morgan fingerprint density at radius 1 is 1.47 bits per heavy atom. The number of nitrogen functional groups attached to an aromatic ring is 1. The Hall–Kier alpha value is -1.51. The fourth-order valence-electron chi connectivity index (χ4n) is 2.63. The van der Waals surface area contributed by atoms with E-state index in [-0.39, 0.29) is 0 Å². The van der Waals surface area contributed by atoms with Crippen LogP contribution in [0.4, 0.5) is 5.95 Å². The first-order valence-corrected chi connectivity index (χ1v) is 6.39. The second-order valence-electron chi connectivity index (χ2n) is 5.36. The number of anilines is 1. The fraction of sp³-hybridized carbons (Fsp3) is 0.500. The van der Waals surface area contributed by atoms with Gasteiger partial charge in [-0.2, -0.15) is 0 Å². The summed E-state index contributed by atoms with van der Waals surface area (Å²) in [5.41, 5.74) is 9.50. The van der Waals surface area contributed by atoms with E-state index in [0.717, 1.165) is 11.4 Å². The number of rotatable bonds is 3. The number of aryl methyl sites for hydroxylation is 1. The van der Waals surface area contributed by atoms with Gasteiger partial charge in [-0.15, -0.1) is 0 Å². The minimum Gasteiger partial charge on any atom is -0.369 e. The van der Waals surface area contributed by atoms with E-state index in [2.05, 4.69) is 41.6 Å². The van der Waals surface area contributed by atoms with Gasteiger partial charge >= 0.3 is 0 Å². The Balaban J connectivity index is 2.06. The molecular formula is C14H19N3. The highest BCUT2D eigenvalue weighted by atomic mass is 15.2. The summed E-state index contributed by atoms with van der Waals surface area (Å²) in [6.45, 7) is 4.36. The molecule has 0 saturated heterocycles. The second kappa shape index (κ2) is 3.76. The van der Waals surface area contributed by atoms with Gasteiger partial charge in [0.25, 0.3) is 0 Å². The maximum atomic E-state index is 6.05. The molecule has 0 bridgehead atoms. The van der Waals surface area contributed by atoms with E-state index < -0.39 is 0 Å². The molecule has 1 aromatic heterocycles. The molecule has 2 N–H and O–H groups in total. The first-order valence-electron chi connectivity index (χ1n) is 6.39. The fourth-order valence-corrected chi connectivity index (χ4v) is 2.63. The second-order valence-corrected chi connectivity index (χ2v) is 5.36. The summed E-state index contributed by atoms with van der Waals surface area (Å²) < 4.78 is 2.20. The Morgan fingerprint density at radius 3 is 2.94 bits per heavy atom.